The molecule has 14 heavy (non-hydrogen) atoms. The highest BCUT2D eigenvalue weighted by Crippen LogP contribution is 2.24. The van der Waals surface area contributed by atoms with E-state index in [9.17, 15) is 4.79 Å². The van der Waals surface area contributed by atoms with Crippen LogP contribution >= 0.6 is 0 Å². The second-order valence-corrected chi connectivity index (χ2v) is 3.19. The second-order valence-electron chi connectivity index (χ2n) is 3.19. The normalized spacial score (nSPS) is 20.2. The maximum absolute atomic E-state index is 11.5. The first-order valence-corrected chi connectivity index (χ1v) is 4.79. The van der Waals surface area contributed by atoms with E-state index in [2.05, 4.69) is 5.32 Å². The van der Waals surface area contributed by atoms with E-state index >= 15 is 0 Å². The molecule has 76 valence electrons. The lowest BCUT2D eigenvalue weighted by molar-refractivity contribution is -0.146. The topological polar surface area (TPSA) is 51.5 Å². The molecule has 1 atom stereocenters. The molecule has 2 rings (SSSR count). The maximum atomic E-state index is 11.5. The Balaban J connectivity index is 2.19. The van der Waals surface area contributed by atoms with Gasteiger partial charge in [-0.1, -0.05) is 0 Å². The number of furan rings is 1. The average molecular weight is 195 g/mol. The van der Waals surface area contributed by atoms with Crippen molar-refractivity contribution < 1.29 is 13.9 Å². The lowest BCUT2D eigenvalue weighted by Gasteiger charge is -2.21. The summed E-state index contributed by atoms with van der Waals surface area (Å²) in [6.45, 7) is 2.96. The minimum Gasteiger partial charge on any atom is -0.469 e. The molecule has 0 fully saturated rings. The zero-order chi connectivity index (χ0) is 9.97. The number of fused-ring (bicyclic) bond motifs is 1. The first-order valence-electron chi connectivity index (χ1n) is 4.79. The van der Waals surface area contributed by atoms with Crippen LogP contribution in [0.15, 0.2) is 16.7 Å². The number of carbonyl (C=O) groups excluding carboxylic acids is 1. The number of rotatable bonds is 2. The van der Waals surface area contributed by atoms with Crippen LogP contribution in [0.5, 0.6) is 0 Å². The molecule has 4 heteroatoms. The fourth-order valence-electron chi connectivity index (χ4n) is 1.69. The Hall–Kier alpha value is -1.29. The van der Waals surface area contributed by atoms with Crippen LogP contribution in [0.4, 0.5) is 0 Å². The first-order chi connectivity index (χ1) is 6.83. The summed E-state index contributed by atoms with van der Waals surface area (Å²) in [5.41, 5.74) is 0.912. The third-order valence-electron chi connectivity index (χ3n) is 2.31. The minimum atomic E-state index is -0.350. The Morgan fingerprint density at radius 3 is 3.43 bits per heavy atom. The van der Waals surface area contributed by atoms with Crippen molar-refractivity contribution in [2.75, 3.05) is 13.2 Å². The summed E-state index contributed by atoms with van der Waals surface area (Å²) in [5, 5.41) is 3.11. The molecule has 1 aromatic heterocycles. The van der Waals surface area contributed by atoms with Gasteiger partial charge in [0.25, 0.3) is 0 Å². The fourth-order valence-corrected chi connectivity index (χ4v) is 1.69. The third-order valence-corrected chi connectivity index (χ3v) is 2.31. The van der Waals surface area contributed by atoms with Crippen LogP contribution in [0.2, 0.25) is 0 Å². The van der Waals surface area contributed by atoms with Crippen molar-refractivity contribution in [3.05, 3.63) is 23.7 Å². The van der Waals surface area contributed by atoms with Gasteiger partial charge in [-0.3, -0.25) is 0 Å². The highest BCUT2D eigenvalue weighted by molar-refractivity contribution is 5.78. The van der Waals surface area contributed by atoms with Gasteiger partial charge in [-0.25, -0.2) is 4.79 Å². The molecule has 0 amide bonds. The van der Waals surface area contributed by atoms with Crippen molar-refractivity contribution in [1.82, 2.24) is 5.32 Å². The van der Waals surface area contributed by atoms with E-state index in [4.69, 9.17) is 9.15 Å². The fraction of sp³-hybridized carbons (Fsp3) is 0.500. The Morgan fingerprint density at radius 1 is 1.79 bits per heavy atom. The Bertz CT molecular complexity index is 332. The molecular weight excluding hydrogens is 182 g/mol. The molecule has 0 aromatic carbocycles. The van der Waals surface area contributed by atoms with E-state index in [0.717, 1.165) is 24.3 Å². The van der Waals surface area contributed by atoms with Gasteiger partial charge in [0.05, 0.1) is 12.9 Å². The molecule has 0 aliphatic carbocycles. The van der Waals surface area contributed by atoms with Gasteiger partial charge in [0, 0.05) is 18.5 Å². The Morgan fingerprint density at radius 2 is 2.64 bits per heavy atom. The molecule has 0 spiro atoms. The van der Waals surface area contributed by atoms with Crippen LogP contribution in [-0.4, -0.2) is 19.1 Å². The van der Waals surface area contributed by atoms with E-state index in [-0.39, 0.29) is 12.0 Å². The molecule has 2 heterocycles. The van der Waals surface area contributed by atoms with E-state index in [1.165, 1.54) is 0 Å². The van der Waals surface area contributed by atoms with Crippen LogP contribution in [0.1, 0.15) is 24.3 Å². The lowest BCUT2D eigenvalue weighted by atomic mass is 10.0. The monoisotopic (exact) mass is 195 g/mol. The van der Waals surface area contributed by atoms with Crippen LogP contribution in [0.3, 0.4) is 0 Å². The number of carbonyl (C=O) groups is 1. The average Bonchev–Trinajstić information content (AvgIpc) is 2.65. The van der Waals surface area contributed by atoms with Gasteiger partial charge in [-0.2, -0.15) is 0 Å². The van der Waals surface area contributed by atoms with Crippen LogP contribution in [-0.2, 0) is 16.0 Å². The number of nitrogens with one attached hydrogen (secondary N) is 1. The molecule has 4 nitrogen and oxygen atoms in total. The van der Waals surface area contributed by atoms with Gasteiger partial charge in [-0.05, 0) is 13.0 Å². The molecule has 1 aliphatic rings. The summed E-state index contributed by atoms with van der Waals surface area (Å²) in [6.07, 6.45) is 2.45. The Labute approximate surface area is 82.2 Å². The standard InChI is InChI=1S/C10H13NO3/c1-2-13-10(12)9-7-4-6-14-8(7)3-5-11-9/h4,6,9,11H,2-3,5H2,1H3. The summed E-state index contributed by atoms with van der Waals surface area (Å²) in [4.78, 5) is 11.5. The zero-order valence-electron chi connectivity index (χ0n) is 8.08. The van der Waals surface area contributed by atoms with Crippen molar-refractivity contribution in [1.29, 1.82) is 0 Å². The van der Waals surface area contributed by atoms with Crippen LogP contribution in [0, 0.1) is 0 Å². The van der Waals surface area contributed by atoms with E-state index < -0.39 is 0 Å². The SMILES string of the molecule is CCOC(=O)C1NCCc2occc21. The number of esters is 1. The van der Waals surface area contributed by atoms with E-state index in [0.29, 0.717) is 6.61 Å². The largest absolute Gasteiger partial charge is 0.469 e. The summed E-state index contributed by atoms with van der Waals surface area (Å²) in [7, 11) is 0. The second kappa shape index (κ2) is 3.84. The molecule has 1 N–H and O–H groups in total. The highest BCUT2D eigenvalue weighted by Gasteiger charge is 2.28. The molecule has 1 unspecified atom stereocenters. The van der Waals surface area contributed by atoms with Gasteiger partial charge >= 0.3 is 5.97 Å². The first kappa shape index (κ1) is 9.27. The molecule has 1 aliphatic heterocycles. The summed E-state index contributed by atoms with van der Waals surface area (Å²) >= 11 is 0. The maximum Gasteiger partial charge on any atom is 0.327 e. The third kappa shape index (κ3) is 1.53. The minimum absolute atomic E-state index is 0.227. The van der Waals surface area contributed by atoms with E-state index in [1.807, 2.05) is 6.07 Å². The van der Waals surface area contributed by atoms with Crippen molar-refractivity contribution >= 4 is 5.97 Å². The molecule has 0 bridgehead atoms. The van der Waals surface area contributed by atoms with Gasteiger partial charge in [-0.15, -0.1) is 0 Å². The molecule has 1 aromatic rings. The predicted octanol–water partition coefficient (Wildman–Crippen LogP) is 1.03. The zero-order valence-corrected chi connectivity index (χ0v) is 8.08. The molecule has 0 radical (unpaired) electrons. The predicted molar refractivity (Wildman–Crippen MR) is 49.8 cm³/mol. The summed E-state index contributed by atoms with van der Waals surface area (Å²) in [6, 6.07) is 1.47. The smallest absolute Gasteiger partial charge is 0.327 e. The molecule has 0 saturated heterocycles. The van der Waals surface area contributed by atoms with Crippen molar-refractivity contribution in [3.63, 3.8) is 0 Å². The van der Waals surface area contributed by atoms with Crippen LogP contribution in [0.25, 0.3) is 0 Å². The van der Waals surface area contributed by atoms with Crippen LogP contribution < -0.4 is 5.32 Å². The lowest BCUT2D eigenvalue weighted by Crippen LogP contribution is -2.35. The number of ether oxygens (including phenoxy) is 1. The van der Waals surface area contributed by atoms with Crippen molar-refractivity contribution in [2.45, 2.75) is 19.4 Å². The van der Waals surface area contributed by atoms with Gasteiger partial charge in [0.15, 0.2) is 0 Å². The molecular formula is C10H13NO3. The van der Waals surface area contributed by atoms with Gasteiger partial charge in [0.1, 0.15) is 11.8 Å². The van der Waals surface area contributed by atoms with Gasteiger partial charge in [0.2, 0.25) is 0 Å². The van der Waals surface area contributed by atoms with E-state index in [1.54, 1.807) is 13.2 Å². The Kier molecular flexibility index (Phi) is 2.54. The van der Waals surface area contributed by atoms with Gasteiger partial charge < -0.3 is 14.5 Å². The molecule has 0 saturated carbocycles. The number of hydrogen-bond donors (Lipinski definition) is 1. The summed E-state index contributed by atoms with van der Waals surface area (Å²) in [5.74, 6) is 0.664. The summed E-state index contributed by atoms with van der Waals surface area (Å²) < 4.78 is 10.2. The van der Waals surface area contributed by atoms with Crippen molar-refractivity contribution in [2.24, 2.45) is 0 Å². The quantitative estimate of drug-likeness (QED) is 0.716. The highest BCUT2D eigenvalue weighted by atomic mass is 16.5. The van der Waals surface area contributed by atoms with Crippen molar-refractivity contribution in [3.8, 4) is 0 Å². The number of hydrogen-bond acceptors (Lipinski definition) is 4.